The van der Waals surface area contributed by atoms with E-state index in [-0.39, 0.29) is 6.04 Å². The SMILES string of the molecule is CCCN(N=O)C(C)c1ccccc1. The maximum absolute atomic E-state index is 10.6. The van der Waals surface area contributed by atoms with Gasteiger partial charge in [0.05, 0.1) is 11.3 Å². The van der Waals surface area contributed by atoms with Crippen molar-refractivity contribution in [2.24, 2.45) is 5.29 Å². The lowest BCUT2D eigenvalue weighted by Gasteiger charge is -2.22. The van der Waals surface area contributed by atoms with Crippen LogP contribution < -0.4 is 0 Å². The summed E-state index contributed by atoms with van der Waals surface area (Å²) < 4.78 is 0. The van der Waals surface area contributed by atoms with E-state index >= 15 is 0 Å². The van der Waals surface area contributed by atoms with E-state index < -0.39 is 0 Å². The Kier molecular flexibility index (Phi) is 4.11. The van der Waals surface area contributed by atoms with E-state index in [2.05, 4.69) is 5.29 Å². The van der Waals surface area contributed by atoms with E-state index in [1.807, 2.05) is 44.2 Å². The highest BCUT2D eigenvalue weighted by Gasteiger charge is 2.13. The zero-order chi connectivity index (χ0) is 10.4. The van der Waals surface area contributed by atoms with Crippen LogP contribution in [0.1, 0.15) is 31.9 Å². The van der Waals surface area contributed by atoms with Gasteiger partial charge in [0.25, 0.3) is 0 Å². The molecule has 1 rings (SSSR count). The highest BCUT2D eigenvalue weighted by Crippen LogP contribution is 2.19. The molecule has 0 saturated carbocycles. The highest BCUT2D eigenvalue weighted by molar-refractivity contribution is 5.18. The van der Waals surface area contributed by atoms with Crippen LogP contribution in [0.15, 0.2) is 35.6 Å². The van der Waals surface area contributed by atoms with Crippen LogP contribution in [0, 0.1) is 4.91 Å². The normalized spacial score (nSPS) is 12.1. The first kappa shape index (κ1) is 10.7. The van der Waals surface area contributed by atoms with Gasteiger partial charge in [-0.2, -0.15) is 0 Å². The minimum Gasteiger partial charge on any atom is -0.254 e. The van der Waals surface area contributed by atoms with Crippen LogP contribution in [0.25, 0.3) is 0 Å². The zero-order valence-electron chi connectivity index (χ0n) is 8.68. The molecule has 0 N–H and O–H groups in total. The molecular formula is C11H16N2O. The number of hydrogen-bond acceptors (Lipinski definition) is 2. The second kappa shape index (κ2) is 5.37. The van der Waals surface area contributed by atoms with Crippen LogP contribution in [0.2, 0.25) is 0 Å². The summed E-state index contributed by atoms with van der Waals surface area (Å²) in [6.07, 6.45) is 0.933. The predicted molar refractivity (Wildman–Crippen MR) is 57.6 cm³/mol. The lowest BCUT2D eigenvalue weighted by atomic mass is 10.1. The Labute approximate surface area is 84.7 Å². The molecule has 0 bridgehead atoms. The van der Waals surface area contributed by atoms with Gasteiger partial charge in [-0.05, 0) is 18.9 Å². The van der Waals surface area contributed by atoms with Crippen LogP contribution in [0.4, 0.5) is 0 Å². The maximum Gasteiger partial charge on any atom is 0.0723 e. The van der Waals surface area contributed by atoms with Gasteiger partial charge in [0.1, 0.15) is 0 Å². The molecule has 0 aromatic heterocycles. The van der Waals surface area contributed by atoms with Gasteiger partial charge < -0.3 is 0 Å². The van der Waals surface area contributed by atoms with Gasteiger partial charge in [-0.25, -0.2) is 0 Å². The van der Waals surface area contributed by atoms with E-state index in [0.717, 1.165) is 12.0 Å². The molecule has 3 nitrogen and oxygen atoms in total. The van der Waals surface area contributed by atoms with Crippen molar-refractivity contribution >= 4 is 0 Å². The number of rotatable bonds is 5. The fourth-order valence-electron chi connectivity index (χ4n) is 1.44. The van der Waals surface area contributed by atoms with Crippen molar-refractivity contribution in [1.29, 1.82) is 0 Å². The first-order chi connectivity index (χ1) is 6.79. The second-order valence-electron chi connectivity index (χ2n) is 3.33. The Morgan fingerprint density at radius 3 is 2.50 bits per heavy atom. The quantitative estimate of drug-likeness (QED) is 0.530. The van der Waals surface area contributed by atoms with E-state index in [4.69, 9.17) is 0 Å². The predicted octanol–water partition coefficient (Wildman–Crippen LogP) is 3.14. The third-order valence-electron chi connectivity index (χ3n) is 2.29. The molecule has 14 heavy (non-hydrogen) atoms. The molecule has 1 aromatic carbocycles. The largest absolute Gasteiger partial charge is 0.254 e. The van der Waals surface area contributed by atoms with Crippen LogP contribution >= 0.6 is 0 Å². The molecule has 76 valence electrons. The third-order valence-corrected chi connectivity index (χ3v) is 2.29. The molecule has 0 fully saturated rings. The molecular weight excluding hydrogens is 176 g/mol. The summed E-state index contributed by atoms with van der Waals surface area (Å²) in [5, 5.41) is 4.62. The lowest BCUT2D eigenvalue weighted by molar-refractivity contribution is 0.217. The molecule has 3 heteroatoms. The van der Waals surface area contributed by atoms with Crippen molar-refractivity contribution in [3.05, 3.63) is 40.8 Å². The van der Waals surface area contributed by atoms with E-state index in [1.54, 1.807) is 5.01 Å². The van der Waals surface area contributed by atoms with Crippen LogP contribution in [-0.4, -0.2) is 11.6 Å². The minimum absolute atomic E-state index is 0.0636. The summed E-state index contributed by atoms with van der Waals surface area (Å²) in [5.41, 5.74) is 1.13. The van der Waals surface area contributed by atoms with Gasteiger partial charge in [-0.3, -0.25) is 5.01 Å². The van der Waals surface area contributed by atoms with Gasteiger partial charge >= 0.3 is 0 Å². The van der Waals surface area contributed by atoms with Gasteiger partial charge in [-0.1, -0.05) is 37.3 Å². The topological polar surface area (TPSA) is 32.7 Å². The van der Waals surface area contributed by atoms with E-state index in [1.165, 1.54) is 0 Å². The molecule has 0 radical (unpaired) electrons. The minimum atomic E-state index is 0.0636. The van der Waals surface area contributed by atoms with Gasteiger partial charge in [0.15, 0.2) is 0 Å². The fourth-order valence-corrected chi connectivity index (χ4v) is 1.44. The number of benzene rings is 1. The second-order valence-corrected chi connectivity index (χ2v) is 3.33. The third kappa shape index (κ3) is 2.55. The molecule has 1 atom stereocenters. The Morgan fingerprint density at radius 2 is 2.00 bits per heavy atom. The monoisotopic (exact) mass is 192 g/mol. The van der Waals surface area contributed by atoms with Crippen molar-refractivity contribution in [2.45, 2.75) is 26.3 Å². The number of hydrogen-bond donors (Lipinski definition) is 0. The van der Waals surface area contributed by atoms with E-state index in [0.29, 0.717) is 6.54 Å². The summed E-state index contributed by atoms with van der Waals surface area (Å²) in [5.74, 6) is 0. The van der Waals surface area contributed by atoms with Gasteiger partial charge in [0.2, 0.25) is 0 Å². The summed E-state index contributed by atoms with van der Waals surface area (Å²) in [6.45, 7) is 4.74. The molecule has 0 aliphatic heterocycles. The molecule has 1 aromatic rings. The Balaban J connectivity index is 2.72. The van der Waals surface area contributed by atoms with E-state index in [9.17, 15) is 4.91 Å². The van der Waals surface area contributed by atoms with Crippen molar-refractivity contribution in [1.82, 2.24) is 5.01 Å². The van der Waals surface area contributed by atoms with Crippen LogP contribution in [-0.2, 0) is 0 Å². The number of nitroso groups, excluding NO2 is 1. The average Bonchev–Trinajstić information content (AvgIpc) is 2.26. The highest BCUT2D eigenvalue weighted by atomic mass is 16.3. The Morgan fingerprint density at radius 1 is 1.36 bits per heavy atom. The fraction of sp³-hybridized carbons (Fsp3) is 0.455. The number of nitrogens with zero attached hydrogens (tertiary/aromatic N) is 2. The zero-order valence-corrected chi connectivity index (χ0v) is 8.68. The summed E-state index contributed by atoms with van der Waals surface area (Å²) in [6, 6.07) is 10.0. The van der Waals surface area contributed by atoms with Crippen molar-refractivity contribution < 1.29 is 0 Å². The Bertz CT molecular complexity index is 274. The molecule has 0 amide bonds. The molecule has 0 saturated heterocycles. The first-order valence-corrected chi connectivity index (χ1v) is 4.94. The smallest absolute Gasteiger partial charge is 0.0723 e. The van der Waals surface area contributed by atoms with Crippen LogP contribution in [0.3, 0.4) is 0 Å². The molecule has 0 spiro atoms. The first-order valence-electron chi connectivity index (χ1n) is 4.94. The van der Waals surface area contributed by atoms with Crippen molar-refractivity contribution in [3.8, 4) is 0 Å². The average molecular weight is 192 g/mol. The van der Waals surface area contributed by atoms with Crippen LogP contribution in [0.5, 0.6) is 0 Å². The van der Waals surface area contributed by atoms with Crippen molar-refractivity contribution in [2.75, 3.05) is 6.54 Å². The summed E-state index contributed by atoms with van der Waals surface area (Å²) in [4.78, 5) is 10.6. The molecule has 0 aliphatic rings. The molecule has 1 unspecified atom stereocenters. The lowest BCUT2D eigenvalue weighted by Crippen LogP contribution is -2.21. The maximum atomic E-state index is 10.6. The van der Waals surface area contributed by atoms with Gasteiger partial charge in [-0.15, -0.1) is 4.91 Å². The summed E-state index contributed by atoms with van der Waals surface area (Å²) >= 11 is 0. The van der Waals surface area contributed by atoms with Crippen molar-refractivity contribution in [3.63, 3.8) is 0 Å². The summed E-state index contributed by atoms with van der Waals surface area (Å²) in [7, 11) is 0. The molecule has 0 aliphatic carbocycles. The standard InChI is InChI=1S/C11H16N2O/c1-3-9-13(12-14)10(2)11-7-5-4-6-8-11/h4-8,10H,3,9H2,1-2H3. The van der Waals surface area contributed by atoms with Gasteiger partial charge in [0, 0.05) is 6.54 Å². The Hall–Kier alpha value is -1.38. The molecule has 0 heterocycles.